The van der Waals surface area contributed by atoms with Crippen molar-refractivity contribution >= 4 is 11.9 Å². The molecule has 1 rings (SSSR count). The minimum atomic E-state index is -0.787. The average Bonchev–Trinajstić information content (AvgIpc) is 3.00. The van der Waals surface area contributed by atoms with Crippen LogP contribution in [0.3, 0.4) is 0 Å². The van der Waals surface area contributed by atoms with Crippen molar-refractivity contribution < 1.29 is 14.7 Å². The van der Waals surface area contributed by atoms with Gasteiger partial charge in [-0.3, -0.25) is 14.5 Å². The number of hydrogen-bond acceptors (Lipinski definition) is 3. The highest BCUT2D eigenvalue weighted by molar-refractivity contribution is 5.75. The second-order valence-corrected chi connectivity index (χ2v) is 4.96. The van der Waals surface area contributed by atoms with Crippen molar-refractivity contribution in [2.45, 2.75) is 25.7 Å². The minimum absolute atomic E-state index is 0.0899. The van der Waals surface area contributed by atoms with Gasteiger partial charge >= 0.3 is 5.97 Å². The summed E-state index contributed by atoms with van der Waals surface area (Å²) < 4.78 is 0. The van der Waals surface area contributed by atoms with E-state index in [0.29, 0.717) is 18.9 Å². The quantitative estimate of drug-likeness (QED) is 0.679. The van der Waals surface area contributed by atoms with E-state index < -0.39 is 5.97 Å². The van der Waals surface area contributed by atoms with Gasteiger partial charge in [0.25, 0.3) is 0 Å². The Labute approximate surface area is 102 Å². The number of carboxylic acid groups (broad SMARTS) is 1. The van der Waals surface area contributed by atoms with Crippen LogP contribution in [0.25, 0.3) is 0 Å². The van der Waals surface area contributed by atoms with Crippen molar-refractivity contribution in [3.8, 4) is 0 Å². The van der Waals surface area contributed by atoms with Crippen molar-refractivity contribution in [2.75, 3.05) is 33.7 Å². The molecule has 1 aliphatic rings. The molecule has 1 aliphatic carbocycles. The fourth-order valence-corrected chi connectivity index (χ4v) is 1.77. The molecule has 0 saturated heterocycles. The number of nitrogens with zero attached hydrogens (tertiary/aromatic N) is 2. The molecule has 0 aliphatic heterocycles. The number of carbonyl (C=O) groups is 2. The Hall–Kier alpha value is -1.10. The van der Waals surface area contributed by atoms with E-state index in [0.717, 1.165) is 13.0 Å². The van der Waals surface area contributed by atoms with Crippen LogP contribution in [-0.4, -0.2) is 60.5 Å². The van der Waals surface area contributed by atoms with Crippen LogP contribution < -0.4 is 0 Å². The number of carboxylic acids is 1. The van der Waals surface area contributed by atoms with Crippen LogP contribution in [0.1, 0.15) is 25.7 Å². The van der Waals surface area contributed by atoms with Gasteiger partial charge in [-0.1, -0.05) is 0 Å². The van der Waals surface area contributed by atoms with Crippen molar-refractivity contribution in [3.63, 3.8) is 0 Å². The zero-order valence-electron chi connectivity index (χ0n) is 10.7. The van der Waals surface area contributed by atoms with E-state index in [1.54, 1.807) is 19.0 Å². The van der Waals surface area contributed by atoms with E-state index in [1.807, 2.05) is 4.90 Å². The molecule has 0 atom stereocenters. The first-order valence-electron chi connectivity index (χ1n) is 6.13. The van der Waals surface area contributed by atoms with Crippen molar-refractivity contribution in [1.82, 2.24) is 9.80 Å². The molecule has 17 heavy (non-hydrogen) atoms. The highest BCUT2D eigenvalue weighted by Gasteiger charge is 2.25. The molecule has 0 unspecified atom stereocenters. The Morgan fingerprint density at radius 3 is 2.41 bits per heavy atom. The first-order valence-corrected chi connectivity index (χ1v) is 6.13. The van der Waals surface area contributed by atoms with Crippen LogP contribution in [0.15, 0.2) is 0 Å². The Bertz CT molecular complexity index is 275. The zero-order chi connectivity index (χ0) is 12.8. The molecule has 0 bridgehead atoms. The van der Waals surface area contributed by atoms with Gasteiger partial charge in [0.2, 0.25) is 5.91 Å². The predicted octanol–water partition coefficient (Wildman–Crippen LogP) is 0.651. The molecule has 0 spiro atoms. The van der Waals surface area contributed by atoms with Crippen LogP contribution >= 0.6 is 0 Å². The standard InChI is InChI=1S/C12H22N2O3/c1-13(2)11(15)4-3-7-14(9-12(16)17)8-10-5-6-10/h10H,3-9H2,1-2H3,(H,16,17). The van der Waals surface area contributed by atoms with Crippen LogP contribution in [0.5, 0.6) is 0 Å². The summed E-state index contributed by atoms with van der Waals surface area (Å²) in [5.41, 5.74) is 0. The highest BCUT2D eigenvalue weighted by atomic mass is 16.4. The second kappa shape index (κ2) is 6.59. The van der Waals surface area contributed by atoms with Crippen molar-refractivity contribution in [1.29, 1.82) is 0 Å². The topological polar surface area (TPSA) is 60.9 Å². The summed E-state index contributed by atoms with van der Waals surface area (Å²) in [6.45, 7) is 1.65. The number of rotatable bonds is 8. The Morgan fingerprint density at radius 1 is 1.29 bits per heavy atom. The van der Waals surface area contributed by atoms with Gasteiger partial charge in [0.05, 0.1) is 6.54 Å². The van der Waals surface area contributed by atoms with Gasteiger partial charge in [0, 0.05) is 27.1 Å². The van der Waals surface area contributed by atoms with Gasteiger partial charge in [-0.2, -0.15) is 0 Å². The average molecular weight is 242 g/mol. The molecule has 98 valence electrons. The van der Waals surface area contributed by atoms with Gasteiger partial charge in [-0.15, -0.1) is 0 Å². The lowest BCUT2D eigenvalue weighted by Crippen LogP contribution is -2.33. The van der Waals surface area contributed by atoms with E-state index in [9.17, 15) is 9.59 Å². The van der Waals surface area contributed by atoms with Crippen molar-refractivity contribution in [2.24, 2.45) is 5.92 Å². The third-order valence-electron chi connectivity index (χ3n) is 2.94. The molecule has 5 heteroatoms. The van der Waals surface area contributed by atoms with Crippen molar-refractivity contribution in [3.05, 3.63) is 0 Å². The molecule has 1 amide bonds. The molecule has 0 aromatic carbocycles. The summed E-state index contributed by atoms with van der Waals surface area (Å²) in [4.78, 5) is 25.6. The number of hydrogen-bond donors (Lipinski definition) is 1. The fourth-order valence-electron chi connectivity index (χ4n) is 1.77. The minimum Gasteiger partial charge on any atom is -0.480 e. The highest BCUT2D eigenvalue weighted by Crippen LogP contribution is 2.29. The normalized spacial score (nSPS) is 15.0. The SMILES string of the molecule is CN(C)C(=O)CCCN(CC(=O)O)CC1CC1. The largest absolute Gasteiger partial charge is 0.480 e. The summed E-state index contributed by atoms with van der Waals surface area (Å²) >= 11 is 0. The third kappa shape index (κ3) is 6.26. The molecule has 0 heterocycles. The smallest absolute Gasteiger partial charge is 0.317 e. The molecular weight excluding hydrogens is 220 g/mol. The van der Waals surface area contributed by atoms with Gasteiger partial charge < -0.3 is 10.0 Å². The van der Waals surface area contributed by atoms with E-state index in [1.165, 1.54) is 12.8 Å². The molecule has 1 fully saturated rings. The third-order valence-corrected chi connectivity index (χ3v) is 2.94. The number of aliphatic carboxylic acids is 1. The molecular formula is C12H22N2O3. The molecule has 1 N–H and O–H groups in total. The lowest BCUT2D eigenvalue weighted by atomic mass is 10.2. The predicted molar refractivity (Wildman–Crippen MR) is 64.7 cm³/mol. The molecule has 5 nitrogen and oxygen atoms in total. The van der Waals surface area contributed by atoms with E-state index in [-0.39, 0.29) is 12.5 Å². The Balaban J connectivity index is 2.22. The molecule has 0 aromatic heterocycles. The van der Waals surface area contributed by atoms with Crippen LogP contribution in [0.2, 0.25) is 0 Å². The summed E-state index contributed by atoms with van der Waals surface area (Å²) in [7, 11) is 3.48. The van der Waals surface area contributed by atoms with E-state index in [2.05, 4.69) is 0 Å². The molecule has 0 aromatic rings. The molecule has 0 radical (unpaired) electrons. The number of amides is 1. The Kier molecular flexibility index (Phi) is 5.41. The first kappa shape index (κ1) is 14.0. The Morgan fingerprint density at radius 2 is 1.94 bits per heavy atom. The van der Waals surface area contributed by atoms with Crippen LogP contribution in [0.4, 0.5) is 0 Å². The van der Waals surface area contributed by atoms with Gasteiger partial charge in [-0.25, -0.2) is 0 Å². The van der Waals surface area contributed by atoms with Crippen LogP contribution in [-0.2, 0) is 9.59 Å². The molecule has 1 saturated carbocycles. The lowest BCUT2D eigenvalue weighted by molar-refractivity contribution is -0.138. The van der Waals surface area contributed by atoms with Gasteiger partial charge in [0.15, 0.2) is 0 Å². The summed E-state index contributed by atoms with van der Waals surface area (Å²) in [5.74, 6) is -0.00446. The van der Waals surface area contributed by atoms with E-state index >= 15 is 0 Å². The zero-order valence-corrected chi connectivity index (χ0v) is 10.7. The number of carbonyl (C=O) groups excluding carboxylic acids is 1. The van der Waals surface area contributed by atoms with Gasteiger partial charge in [0.1, 0.15) is 0 Å². The maximum atomic E-state index is 11.4. The maximum absolute atomic E-state index is 11.4. The maximum Gasteiger partial charge on any atom is 0.317 e. The monoisotopic (exact) mass is 242 g/mol. The fraction of sp³-hybridized carbons (Fsp3) is 0.833. The summed E-state index contributed by atoms with van der Waals surface area (Å²) in [6.07, 6.45) is 3.66. The first-order chi connectivity index (χ1) is 7.99. The second-order valence-electron chi connectivity index (χ2n) is 4.96. The summed E-state index contributed by atoms with van der Waals surface area (Å²) in [5, 5.41) is 8.80. The van der Waals surface area contributed by atoms with E-state index in [4.69, 9.17) is 5.11 Å². The lowest BCUT2D eigenvalue weighted by Gasteiger charge is -2.20. The van der Waals surface area contributed by atoms with Gasteiger partial charge in [-0.05, 0) is 31.7 Å². The summed E-state index contributed by atoms with van der Waals surface area (Å²) in [6, 6.07) is 0. The van der Waals surface area contributed by atoms with Crippen LogP contribution in [0, 0.1) is 5.92 Å².